The summed E-state index contributed by atoms with van der Waals surface area (Å²) >= 11 is 0. The second-order valence-electron chi connectivity index (χ2n) is 5.35. The minimum Gasteiger partial charge on any atom is -0.337 e. The van der Waals surface area contributed by atoms with E-state index in [2.05, 4.69) is 21.8 Å². The first-order chi connectivity index (χ1) is 10.3. The van der Waals surface area contributed by atoms with Crippen molar-refractivity contribution in [3.8, 4) is 0 Å². The highest BCUT2D eigenvalue weighted by molar-refractivity contribution is 5.19. The minimum absolute atomic E-state index is 0.173. The highest BCUT2D eigenvalue weighted by atomic mass is 19.1. The van der Waals surface area contributed by atoms with Crippen molar-refractivity contribution in [2.75, 3.05) is 6.54 Å². The minimum atomic E-state index is -0.173. The standard InChI is InChI=1S/C17H24FN3/c1-2-3-5-17(15-6-8-16(18)9-7-15)20-10-4-12-21-13-11-19-14-21/h6-9,11,13-14,17,20H,2-5,10,12H2,1H3. The maximum Gasteiger partial charge on any atom is 0.123 e. The summed E-state index contributed by atoms with van der Waals surface area (Å²) in [5, 5.41) is 3.60. The van der Waals surface area contributed by atoms with Crippen molar-refractivity contribution >= 4 is 0 Å². The number of unbranched alkanes of at least 4 members (excludes halogenated alkanes) is 1. The molecule has 2 rings (SSSR count). The zero-order valence-corrected chi connectivity index (χ0v) is 12.6. The normalized spacial score (nSPS) is 12.5. The molecule has 0 aliphatic heterocycles. The highest BCUT2D eigenvalue weighted by Crippen LogP contribution is 2.19. The third kappa shape index (κ3) is 5.31. The van der Waals surface area contributed by atoms with Crippen LogP contribution >= 0.6 is 0 Å². The number of nitrogens with one attached hydrogen (secondary N) is 1. The van der Waals surface area contributed by atoms with Gasteiger partial charge in [0.2, 0.25) is 0 Å². The maximum absolute atomic E-state index is 13.0. The summed E-state index contributed by atoms with van der Waals surface area (Å²) in [7, 11) is 0. The number of nitrogens with zero attached hydrogens (tertiary/aromatic N) is 2. The van der Waals surface area contributed by atoms with E-state index in [1.165, 1.54) is 18.4 Å². The van der Waals surface area contributed by atoms with Gasteiger partial charge in [-0.15, -0.1) is 0 Å². The third-order valence-electron chi connectivity index (χ3n) is 3.66. The van der Waals surface area contributed by atoms with Crippen LogP contribution in [0.3, 0.4) is 0 Å². The van der Waals surface area contributed by atoms with Crippen LogP contribution in [0.5, 0.6) is 0 Å². The summed E-state index contributed by atoms with van der Waals surface area (Å²) in [6, 6.07) is 7.17. The Kier molecular flexibility index (Phi) is 6.41. The fourth-order valence-electron chi connectivity index (χ4n) is 2.45. The molecular weight excluding hydrogens is 265 g/mol. The Morgan fingerprint density at radius 3 is 2.71 bits per heavy atom. The predicted molar refractivity (Wildman–Crippen MR) is 83.5 cm³/mol. The maximum atomic E-state index is 13.0. The van der Waals surface area contributed by atoms with E-state index in [0.29, 0.717) is 6.04 Å². The molecule has 1 heterocycles. The molecule has 0 aliphatic rings. The molecule has 114 valence electrons. The second-order valence-corrected chi connectivity index (χ2v) is 5.35. The van der Waals surface area contributed by atoms with Gasteiger partial charge < -0.3 is 9.88 Å². The van der Waals surface area contributed by atoms with Crippen molar-refractivity contribution in [2.45, 2.75) is 45.2 Å². The quantitative estimate of drug-likeness (QED) is 0.709. The SMILES string of the molecule is CCCCC(NCCCn1ccnc1)c1ccc(F)cc1. The smallest absolute Gasteiger partial charge is 0.123 e. The molecule has 0 spiro atoms. The van der Waals surface area contributed by atoms with Crippen molar-refractivity contribution in [3.63, 3.8) is 0 Å². The number of rotatable bonds is 9. The van der Waals surface area contributed by atoms with Crippen molar-refractivity contribution in [1.82, 2.24) is 14.9 Å². The molecule has 0 bridgehead atoms. The first kappa shape index (κ1) is 15.7. The fourth-order valence-corrected chi connectivity index (χ4v) is 2.45. The van der Waals surface area contributed by atoms with Crippen LogP contribution in [0, 0.1) is 5.82 Å². The van der Waals surface area contributed by atoms with Crippen molar-refractivity contribution in [3.05, 3.63) is 54.4 Å². The van der Waals surface area contributed by atoms with E-state index in [0.717, 1.165) is 25.9 Å². The van der Waals surface area contributed by atoms with Gasteiger partial charge in [0.15, 0.2) is 0 Å². The van der Waals surface area contributed by atoms with Gasteiger partial charge in [-0.25, -0.2) is 9.37 Å². The van der Waals surface area contributed by atoms with Crippen molar-refractivity contribution < 1.29 is 4.39 Å². The summed E-state index contributed by atoms with van der Waals surface area (Å²) in [5.74, 6) is -0.173. The molecule has 1 N–H and O–H groups in total. The zero-order valence-electron chi connectivity index (χ0n) is 12.6. The molecular formula is C17H24FN3. The van der Waals surface area contributed by atoms with Gasteiger partial charge in [-0.1, -0.05) is 31.9 Å². The fraction of sp³-hybridized carbons (Fsp3) is 0.471. The lowest BCUT2D eigenvalue weighted by Gasteiger charge is -2.19. The summed E-state index contributed by atoms with van der Waals surface area (Å²) in [4.78, 5) is 4.04. The molecule has 0 radical (unpaired) electrons. The summed E-state index contributed by atoms with van der Waals surface area (Å²) in [6.07, 6.45) is 10.1. The van der Waals surface area contributed by atoms with Gasteiger partial charge in [0.05, 0.1) is 6.33 Å². The number of benzene rings is 1. The Labute approximate surface area is 126 Å². The van der Waals surface area contributed by atoms with Crippen LogP contribution < -0.4 is 5.32 Å². The first-order valence-corrected chi connectivity index (χ1v) is 7.74. The first-order valence-electron chi connectivity index (χ1n) is 7.74. The Bertz CT molecular complexity index is 493. The Hall–Kier alpha value is -1.68. The molecule has 1 unspecified atom stereocenters. The van der Waals surface area contributed by atoms with Gasteiger partial charge in [-0.3, -0.25) is 0 Å². The van der Waals surface area contributed by atoms with Crippen molar-refractivity contribution in [1.29, 1.82) is 0 Å². The van der Waals surface area contributed by atoms with E-state index >= 15 is 0 Å². The van der Waals surface area contributed by atoms with Gasteiger partial charge >= 0.3 is 0 Å². The van der Waals surface area contributed by atoms with E-state index < -0.39 is 0 Å². The van der Waals surface area contributed by atoms with E-state index in [1.807, 2.05) is 24.7 Å². The van der Waals surface area contributed by atoms with Crippen LogP contribution in [0.25, 0.3) is 0 Å². The van der Waals surface area contributed by atoms with E-state index in [4.69, 9.17) is 0 Å². The molecule has 1 aromatic heterocycles. The molecule has 2 aromatic rings. The molecule has 0 aliphatic carbocycles. The summed E-state index contributed by atoms with van der Waals surface area (Å²) in [5.41, 5.74) is 1.17. The lowest BCUT2D eigenvalue weighted by atomic mass is 10.0. The van der Waals surface area contributed by atoms with Gasteiger partial charge in [-0.2, -0.15) is 0 Å². The number of halogens is 1. The number of imidazole rings is 1. The molecule has 3 nitrogen and oxygen atoms in total. The van der Waals surface area contributed by atoms with Crippen LogP contribution in [-0.2, 0) is 6.54 Å². The zero-order chi connectivity index (χ0) is 14.9. The predicted octanol–water partition coefficient (Wildman–Crippen LogP) is 3.93. The van der Waals surface area contributed by atoms with E-state index in [9.17, 15) is 4.39 Å². The molecule has 0 saturated carbocycles. The van der Waals surface area contributed by atoms with Gasteiger partial charge in [0.1, 0.15) is 5.82 Å². The third-order valence-corrected chi connectivity index (χ3v) is 3.66. The van der Waals surface area contributed by atoms with E-state index in [-0.39, 0.29) is 5.82 Å². The second kappa shape index (κ2) is 8.57. The van der Waals surface area contributed by atoms with Crippen LogP contribution in [0.1, 0.15) is 44.2 Å². The number of hydrogen-bond acceptors (Lipinski definition) is 2. The summed E-state index contributed by atoms with van der Waals surface area (Å²) < 4.78 is 15.1. The Morgan fingerprint density at radius 1 is 1.24 bits per heavy atom. The van der Waals surface area contributed by atoms with E-state index in [1.54, 1.807) is 18.3 Å². The molecule has 0 saturated heterocycles. The van der Waals surface area contributed by atoms with Crippen LogP contribution in [-0.4, -0.2) is 16.1 Å². The largest absolute Gasteiger partial charge is 0.337 e. The van der Waals surface area contributed by atoms with Gasteiger partial charge in [0, 0.05) is 25.0 Å². The summed E-state index contributed by atoms with van der Waals surface area (Å²) in [6.45, 7) is 4.11. The topological polar surface area (TPSA) is 29.9 Å². The van der Waals surface area contributed by atoms with Gasteiger partial charge in [-0.05, 0) is 37.1 Å². The van der Waals surface area contributed by atoms with Crippen LogP contribution in [0.2, 0.25) is 0 Å². The molecule has 1 atom stereocenters. The number of aromatic nitrogens is 2. The Balaban J connectivity index is 1.82. The lowest BCUT2D eigenvalue weighted by molar-refractivity contribution is 0.463. The molecule has 0 amide bonds. The average Bonchev–Trinajstić information content (AvgIpc) is 3.01. The molecule has 21 heavy (non-hydrogen) atoms. The van der Waals surface area contributed by atoms with Crippen LogP contribution in [0.15, 0.2) is 43.0 Å². The number of aryl methyl sites for hydroxylation is 1. The van der Waals surface area contributed by atoms with Gasteiger partial charge in [0.25, 0.3) is 0 Å². The Morgan fingerprint density at radius 2 is 2.05 bits per heavy atom. The monoisotopic (exact) mass is 289 g/mol. The lowest BCUT2D eigenvalue weighted by Crippen LogP contribution is -2.23. The number of hydrogen-bond donors (Lipinski definition) is 1. The highest BCUT2D eigenvalue weighted by Gasteiger charge is 2.10. The molecule has 0 fully saturated rings. The average molecular weight is 289 g/mol. The van der Waals surface area contributed by atoms with Crippen molar-refractivity contribution in [2.24, 2.45) is 0 Å². The molecule has 1 aromatic carbocycles. The van der Waals surface area contributed by atoms with Crippen LogP contribution in [0.4, 0.5) is 4.39 Å². The molecule has 4 heteroatoms.